The molecule has 1 N–H and O–H groups in total. The molecule has 0 saturated carbocycles. The Morgan fingerprint density at radius 3 is 2.51 bits per heavy atom. The van der Waals surface area contributed by atoms with Crippen molar-refractivity contribution in [3.05, 3.63) is 106 Å². The summed E-state index contributed by atoms with van der Waals surface area (Å²) in [7, 11) is 0. The van der Waals surface area contributed by atoms with E-state index in [2.05, 4.69) is 19.2 Å². The Labute approximate surface area is 246 Å². The van der Waals surface area contributed by atoms with Crippen molar-refractivity contribution in [3.8, 4) is 22.8 Å². The van der Waals surface area contributed by atoms with Gasteiger partial charge in [-0.05, 0) is 55.8 Å². The maximum absolute atomic E-state index is 13.4. The van der Waals surface area contributed by atoms with Gasteiger partial charge in [0, 0.05) is 53.7 Å². The van der Waals surface area contributed by atoms with Crippen molar-refractivity contribution in [1.82, 2.24) is 19.2 Å². The average Bonchev–Trinajstić information content (AvgIpc) is 3.67. The molecule has 0 aliphatic carbocycles. The predicted octanol–water partition coefficient (Wildman–Crippen LogP) is 6.19. The number of benzene rings is 3. The number of para-hydroxylation sites is 1. The van der Waals surface area contributed by atoms with Gasteiger partial charge in [0.2, 0.25) is 5.13 Å². The molecule has 208 valence electrons. The van der Waals surface area contributed by atoms with E-state index in [0.717, 1.165) is 27.1 Å². The Morgan fingerprint density at radius 1 is 1.00 bits per heavy atom. The molecule has 2 unspecified atom stereocenters. The van der Waals surface area contributed by atoms with E-state index in [0.29, 0.717) is 42.3 Å². The highest BCUT2D eigenvalue weighted by Gasteiger charge is 2.30. The number of ether oxygens (including phenoxy) is 1. The summed E-state index contributed by atoms with van der Waals surface area (Å²) in [6.07, 6.45) is -0.945. The smallest absolute Gasteiger partial charge is 0.254 e. The molecule has 1 aliphatic heterocycles. The lowest BCUT2D eigenvalue weighted by atomic mass is 10.1. The molecule has 1 fully saturated rings. The van der Waals surface area contributed by atoms with E-state index in [4.69, 9.17) is 4.74 Å². The van der Waals surface area contributed by atoms with Crippen LogP contribution in [0.1, 0.15) is 39.8 Å². The molecule has 0 spiro atoms. The molecule has 3 aromatic carbocycles. The molecule has 10 heteroatoms. The molecular weight excluding hydrogens is 555 g/mol. The van der Waals surface area contributed by atoms with Gasteiger partial charge in [0.25, 0.3) is 5.91 Å². The van der Waals surface area contributed by atoms with E-state index in [1.54, 1.807) is 11.3 Å². The molecular formula is C31H29N5O3S2. The van der Waals surface area contributed by atoms with Crippen LogP contribution in [0.4, 0.5) is 5.13 Å². The average molecular weight is 584 g/mol. The summed E-state index contributed by atoms with van der Waals surface area (Å²) >= 11 is 2.86. The number of carbonyl (C=O) groups is 1. The van der Waals surface area contributed by atoms with Crippen LogP contribution in [0.3, 0.4) is 0 Å². The van der Waals surface area contributed by atoms with E-state index >= 15 is 0 Å². The molecule has 1 aliphatic rings. The Kier molecular flexibility index (Phi) is 7.78. The first-order chi connectivity index (χ1) is 19.9. The lowest BCUT2D eigenvalue weighted by Crippen LogP contribution is -2.54. The summed E-state index contributed by atoms with van der Waals surface area (Å²) in [4.78, 5) is 26.7. The topological polar surface area (TPSA) is 91.7 Å². The summed E-state index contributed by atoms with van der Waals surface area (Å²) in [6, 6.07) is 24.5. The molecule has 0 bridgehead atoms. The SMILES string of the molecule is Cc1nc(-c2cccc(C(=O)N3CCN(c4nc(C(O)c5ccc(Oc6ccccc6)cc5)ns4)CC3C)c2)cs1. The van der Waals surface area contributed by atoms with Gasteiger partial charge < -0.3 is 19.6 Å². The quantitative estimate of drug-likeness (QED) is 0.244. The van der Waals surface area contributed by atoms with Gasteiger partial charge in [-0.1, -0.05) is 42.5 Å². The molecule has 2 aromatic heterocycles. The van der Waals surface area contributed by atoms with Crippen LogP contribution in [0.2, 0.25) is 0 Å². The molecule has 8 nitrogen and oxygen atoms in total. The third kappa shape index (κ3) is 6.00. The monoisotopic (exact) mass is 583 g/mol. The number of anilines is 1. The number of aliphatic hydroxyl groups excluding tert-OH is 1. The zero-order valence-corrected chi connectivity index (χ0v) is 24.3. The van der Waals surface area contributed by atoms with Crippen LogP contribution in [0, 0.1) is 6.92 Å². The van der Waals surface area contributed by atoms with E-state index in [1.165, 1.54) is 11.5 Å². The third-order valence-corrected chi connectivity index (χ3v) is 8.60. The normalized spacial score (nSPS) is 16.0. The van der Waals surface area contributed by atoms with Crippen molar-refractivity contribution in [2.24, 2.45) is 0 Å². The maximum Gasteiger partial charge on any atom is 0.254 e. The van der Waals surface area contributed by atoms with Crippen LogP contribution in [-0.2, 0) is 0 Å². The number of aliphatic hydroxyl groups is 1. The minimum atomic E-state index is -0.945. The van der Waals surface area contributed by atoms with Crippen LogP contribution < -0.4 is 9.64 Å². The molecule has 2 atom stereocenters. The predicted molar refractivity (Wildman–Crippen MR) is 162 cm³/mol. The van der Waals surface area contributed by atoms with Crippen LogP contribution >= 0.6 is 22.9 Å². The van der Waals surface area contributed by atoms with Crippen molar-refractivity contribution in [2.75, 3.05) is 24.5 Å². The number of amides is 1. The molecule has 1 saturated heterocycles. The van der Waals surface area contributed by atoms with E-state index in [1.807, 2.05) is 103 Å². The van der Waals surface area contributed by atoms with Crippen molar-refractivity contribution in [3.63, 3.8) is 0 Å². The second kappa shape index (κ2) is 11.8. The van der Waals surface area contributed by atoms with Gasteiger partial charge in [0.05, 0.1) is 10.7 Å². The Bertz CT molecular complexity index is 1640. The summed E-state index contributed by atoms with van der Waals surface area (Å²) in [5.74, 6) is 1.81. The number of aryl methyl sites for hydroxylation is 1. The number of carbonyl (C=O) groups excluding carboxylic acids is 1. The molecule has 1 amide bonds. The third-order valence-electron chi connectivity index (χ3n) is 7.03. The highest BCUT2D eigenvalue weighted by Crippen LogP contribution is 2.29. The van der Waals surface area contributed by atoms with Gasteiger partial charge in [-0.15, -0.1) is 11.3 Å². The number of piperazine rings is 1. The number of hydrogen-bond donors (Lipinski definition) is 1. The highest BCUT2D eigenvalue weighted by atomic mass is 32.1. The molecule has 5 aromatic rings. The fourth-order valence-electron chi connectivity index (χ4n) is 4.86. The molecule has 0 radical (unpaired) electrons. The first kappa shape index (κ1) is 27.1. The Morgan fingerprint density at radius 2 is 1.78 bits per heavy atom. The fraction of sp³-hybridized carbons (Fsp3) is 0.226. The van der Waals surface area contributed by atoms with Gasteiger partial charge in [0.15, 0.2) is 5.82 Å². The zero-order chi connectivity index (χ0) is 28.3. The van der Waals surface area contributed by atoms with Crippen LogP contribution in [0.5, 0.6) is 11.5 Å². The van der Waals surface area contributed by atoms with Gasteiger partial charge in [0.1, 0.15) is 17.6 Å². The second-order valence-electron chi connectivity index (χ2n) is 9.95. The standard InChI is InChI=1S/C31H29N5O3S2/c1-20-18-35(15-16-36(20)30(38)24-8-6-7-23(17-24)27-19-40-21(2)32-27)31-33-29(34-41-31)28(37)22-11-13-26(14-12-22)39-25-9-4-3-5-10-25/h3-14,17,19-20,28,37H,15-16,18H2,1-2H3. The van der Waals surface area contributed by atoms with E-state index in [-0.39, 0.29) is 11.9 Å². The summed E-state index contributed by atoms with van der Waals surface area (Å²) < 4.78 is 10.3. The van der Waals surface area contributed by atoms with Gasteiger partial charge in [-0.3, -0.25) is 4.79 Å². The first-order valence-electron chi connectivity index (χ1n) is 13.4. The van der Waals surface area contributed by atoms with Gasteiger partial charge in [-0.25, -0.2) is 9.97 Å². The zero-order valence-electron chi connectivity index (χ0n) is 22.7. The number of aromatic nitrogens is 3. The second-order valence-corrected chi connectivity index (χ2v) is 11.7. The fourth-order valence-corrected chi connectivity index (χ4v) is 6.22. The molecule has 41 heavy (non-hydrogen) atoms. The van der Waals surface area contributed by atoms with Crippen molar-refractivity contribution in [1.29, 1.82) is 0 Å². The highest BCUT2D eigenvalue weighted by molar-refractivity contribution is 7.10. The Balaban J connectivity index is 1.09. The minimum Gasteiger partial charge on any atom is -0.457 e. The summed E-state index contributed by atoms with van der Waals surface area (Å²) in [6.45, 7) is 5.87. The van der Waals surface area contributed by atoms with Crippen molar-refractivity contribution < 1.29 is 14.6 Å². The largest absolute Gasteiger partial charge is 0.457 e. The van der Waals surface area contributed by atoms with Crippen LogP contribution in [0.15, 0.2) is 84.2 Å². The molecule has 3 heterocycles. The lowest BCUT2D eigenvalue weighted by molar-refractivity contribution is 0.0674. The van der Waals surface area contributed by atoms with Crippen LogP contribution in [0.25, 0.3) is 11.3 Å². The van der Waals surface area contributed by atoms with Crippen molar-refractivity contribution >= 4 is 33.9 Å². The van der Waals surface area contributed by atoms with Gasteiger partial charge >= 0.3 is 0 Å². The van der Waals surface area contributed by atoms with Crippen molar-refractivity contribution in [2.45, 2.75) is 26.0 Å². The molecule has 6 rings (SSSR count). The number of rotatable bonds is 7. The number of nitrogens with zero attached hydrogens (tertiary/aromatic N) is 5. The van der Waals surface area contributed by atoms with Gasteiger partial charge in [-0.2, -0.15) is 4.37 Å². The lowest BCUT2D eigenvalue weighted by Gasteiger charge is -2.39. The van der Waals surface area contributed by atoms with E-state index in [9.17, 15) is 9.90 Å². The maximum atomic E-state index is 13.4. The first-order valence-corrected chi connectivity index (χ1v) is 15.0. The Hall–Kier alpha value is -4.12. The summed E-state index contributed by atoms with van der Waals surface area (Å²) in [5, 5.41) is 14.7. The minimum absolute atomic E-state index is 0.0130. The summed E-state index contributed by atoms with van der Waals surface area (Å²) in [5.41, 5.74) is 3.19. The number of thiazole rings is 1. The number of hydrogen-bond acceptors (Lipinski definition) is 9. The van der Waals surface area contributed by atoms with E-state index < -0.39 is 6.10 Å². The van der Waals surface area contributed by atoms with Crippen LogP contribution in [-0.4, -0.2) is 55.9 Å².